The molecule has 0 spiro atoms. The molecule has 0 radical (unpaired) electrons. The van der Waals surface area contributed by atoms with Gasteiger partial charge < -0.3 is 9.30 Å². The molecule has 0 N–H and O–H groups in total. The van der Waals surface area contributed by atoms with Crippen molar-refractivity contribution in [2.75, 3.05) is 6.61 Å². The second-order valence-electron chi connectivity index (χ2n) is 7.76. The number of Topliss-reactive ketones (excluding diaryl/α,β-unsaturated/α-hetero) is 2. The fourth-order valence-corrected chi connectivity index (χ4v) is 4.59. The third kappa shape index (κ3) is 4.32. The lowest BCUT2D eigenvalue weighted by atomic mass is 9.97. The molecule has 30 heavy (non-hydrogen) atoms. The summed E-state index contributed by atoms with van der Waals surface area (Å²) >= 11 is 7.76. The Balaban J connectivity index is 1.46. The van der Waals surface area contributed by atoms with Gasteiger partial charge in [-0.1, -0.05) is 25.4 Å². The molecule has 1 atom stereocenters. The Morgan fingerprint density at radius 2 is 2.20 bits per heavy atom. The number of ether oxygens (including phenoxy) is 1. The second kappa shape index (κ2) is 8.70. The molecule has 0 fully saturated rings. The minimum atomic E-state index is -0.312. The van der Waals surface area contributed by atoms with Gasteiger partial charge in [0.1, 0.15) is 10.0 Å². The predicted molar refractivity (Wildman–Crippen MR) is 116 cm³/mol. The Morgan fingerprint density at radius 1 is 1.37 bits per heavy atom. The highest BCUT2D eigenvalue weighted by Gasteiger charge is 2.29. The minimum Gasteiger partial charge on any atom is -0.476 e. The third-order valence-corrected chi connectivity index (χ3v) is 6.26. The Bertz CT molecular complexity index is 1090. The number of fused-ring (bicyclic) bond motifs is 1. The molecule has 156 valence electrons. The van der Waals surface area contributed by atoms with Gasteiger partial charge >= 0.3 is 0 Å². The van der Waals surface area contributed by atoms with Crippen molar-refractivity contribution in [1.82, 2.24) is 14.5 Å². The van der Waals surface area contributed by atoms with Crippen LogP contribution in [0.4, 0.5) is 0 Å². The van der Waals surface area contributed by atoms with Gasteiger partial charge in [0.2, 0.25) is 5.88 Å². The summed E-state index contributed by atoms with van der Waals surface area (Å²) in [6.07, 6.45) is 6.42. The number of pyridine rings is 1. The van der Waals surface area contributed by atoms with E-state index >= 15 is 0 Å². The molecule has 8 heteroatoms. The Hall–Kier alpha value is -2.51. The summed E-state index contributed by atoms with van der Waals surface area (Å²) in [7, 11) is 0. The van der Waals surface area contributed by atoms with E-state index in [0.717, 1.165) is 15.4 Å². The van der Waals surface area contributed by atoms with Crippen molar-refractivity contribution in [3.63, 3.8) is 0 Å². The zero-order valence-electron chi connectivity index (χ0n) is 16.8. The van der Waals surface area contributed by atoms with Crippen LogP contribution in [0.1, 0.15) is 48.2 Å². The van der Waals surface area contributed by atoms with Crippen molar-refractivity contribution in [1.29, 1.82) is 0 Å². The Kier molecular flexibility index (Phi) is 6.01. The van der Waals surface area contributed by atoms with Crippen LogP contribution in [0.25, 0.3) is 10.4 Å². The van der Waals surface area contributed by atoms with Crippen LogP contribution in [0.5, 0.6) is 5.88 Å². The number of halogens is 1. The average Bonchev–Trinajstić information content (AvgIpc) is 3.37. The molecule has 0 bridgehead atoms. The van der Waals surface area contributed by atoms with Crippen molar-refractivity contribution in [2.45, 2.75) is 39.2 Å². The normalized spacial score (nSPS) is 16.0. The van der Waals surface area contributed by atoms with Crippen LogP contribution in [-0.4, -0.2) is 32.7 Å². The van der Waals surface area contributed by atoms with E-state index in [1.54, 1.807) is 29.2 Å². The molecule has 1 aliphatic heterocycles. The van der Waals surface area contributed by atoms with E-state index in [1.165, 1.54) is 11.3 Å². The van der Waals surface area contributed by atoms with Gasteiger partial charge in [-0.2, -0.15) is 0 Å². The Labute approximate surface area is 183 Å². The van der Waals surface area contributed by atoms with Crippen LogP contribution in [0, 0.1) is 5.92 Å². The molecular weight excluding hydrogens is 422 g/mol. The second-order valence-corrected chi connectivity index (χ2v) is 9.28. The van der Waals surface area contributed by atoms with Gasteiger partial charge in [-0.25, -0.2) is 9.97 Å². The van der Waals surface area contributed by atoms with E-state index in [-0.39, 0.29) is 24.0 Å². The van der Waals surface area contributed by atoms with Gasteiger partial charge in [-0.3, -0.25) is 9.59 Å². The summed E-state index contributed by atoms with van der Waals surface area (Å²) in [5.74, 6) is 0.956. The number of hydrogen-bond acceptors (Lipinski definition) is 6. The number of carbonyl (C=O) groups is 2. The maximum Gasteiger partial charge on any atom is 0.232 e. The fraction of sp³-hybridized carbons (Fsp3) is 0.364. The summed E-state index contributed by atoms with van der Waals surface area (Å²) < 4.78 is 7.41. The van der Waals surface area contributed by atoms with E-state index in [9.17, 15) is 9.59 Å². The standard InChI is InChI=1S/C22H22ClN3O3S/c1-13(2)12-29-22-15(23)8-14(10-25-22)20-11-24-21(30-20)9-19(28)17-5-6-18(27)16-4-3-7-26(16)17/h3-4,7-8,10-11,13,17H,5-6,9,12H2,1-2H3. The molecule has 3 aromatic rings. The summed E-state index contributed by atoms with van der Waals surface area (Å²) in [6.45, 7) is 4.67. The van der Waals surface area contributed by atoms with Crippen LogP contribution < -0.4 is 4.74 Å². The molecule has 6 nitrogen and oxygen atoms in total. The van der Waals surface area contributed by atoms with Crippen LogP contribution in [0.2, 0.25) is 5.02 Å². The SMILES string of the molecule is CC(C)COc1ncc(-c2cnc(CC(=O)C3CCC(=O)c4cccn43)s2)cc1Cl. The highest BCUT2D eigenvalue weighted by molar-refractivity contribution is 7.15. The van der Waals surface area contributed by atoms with Gasteiger partial charge in [0.05, 0.1) is 29.6 Å². The number of rotatable bonds is 7. The molecule has 0 saturated heterocycles. The van der Waals surface area contributed by atoms with Gasteiger partial charge in [-0.15, -0.1) is 11.3 Å². The summed E-state index contributed by atoms with van der Waals surface area (Å²) in [4.78, 5) is 34.5. The fourth-order valence-electron chi connectivity index (χ4n) is 3.46. The van der Waals surface area contributed by atoms with Crippen molar-refractivity contribution in [3.05, 3.63) is 52.5 Å². The average molecular weight is 444 g/mol. The number of aromatic nitrogens is 3. The first-order chi connectivity index (χ1) is 14.4. The van der Waals surface area contributed by atoms with Crippen LogP contribution in [0.15, 0.2) is 36.8 Å². The lowest BCUT2D eigenvalue weighted by Crippen LogP contribution is -2.28. The van der Waals surface area contributed by atoms with E-state index in [2.05, 4.69) is 23.8 Å². The van der Waals surface area contributed by atoms with Crippen molar-refractivity contribution >= 4 is 34.5 Å². The van der Waals surface area contributed by atoms with E-state index in [4.69, 9.17) is 16.3 Å². The largest absolute Gasteiger partial charge is 0.476 e. The smallest absolute Gasteiger partial charge is 0.232 e. The maximum absolute atomic E-state index is 12.9. The number of nitrogens with zero attached hydrogens (tertiary/aromatic N) is 3. The van der Waals surface area contributed by atoms with Gasteiger partial charge in [0.15, 0.2) is 11.6 Å². The van der Waals surface area contributed by atoms with Crippen LogP contribution in [-0.2, 0) is 11.2 Å². The van der Waals surface area contributed by atoms with Crippen LogP contribution in [0.3, 0.4) is 0 Å². The Morgan fingerprint density at radius 3 is 2.97 bits per heavy atom. The maximum atomic E-state index is 12.9. The van der Waals surface area contributed by atoms with E-state index in [0.29, 0.717) is 42.0 Å². The first kappa shape index (κ1) is 20.8. The zero-order valence-corrected chi connectivity index (χ0v) is 18.4. The van der Waals surface area contributed by atoms with E-state index < -0.39 is 0 Å². The number of hydrogen-bond donors (Lipinski definition) is 0. The van der Waals surface area contributed by atoms with Gasteiger partial charge in [0, 0.05) is 30.6 Å². The third-order valence-electron chi connectivity index (χ3n) is 4.94. The minimum absolute atomic E-state index is 0.0643. The molecule has 0 aromatic carbocycles. The molecule has 4 heterocycles. The molecular formula is C22H22ClN3O3S. The first-order valence-electron chi connectivity index (χ1n) is 9.88. The summed E-state index contributed by atoms with van der Waals surface area (Å²) in [6, 6.07) is 5.08. The number of ketones is 2. The first-order valence-corrected chi connectivity index (χ1v) is 11.1. The van der Waals surface area contributed by atoms with Gasteiger partial charge in [0.25, 0.3) is 0 Å². The number of thiazole rings is 1. The molecule has 0 aliphatic carbocycles. The highest BCUT2D eigenvalue weighted by Crippen LogP contribution is 2.33. The zero-order chi connectivity index (χ0) is 21.3. The van der Waals surface area contributed by atoms with Crippen molar-refractivity contribution in [3.8, 4) is 16.3 Å². The lowest BCUT2D eigenvalue weighted by molar-refractivity contribution is -0.121. The van der Waals surface area contributed by atoms with Crippen molar-refractivity contribution in [2.24, 2.45) is 5.92 Å². The lowest BCUT2D eigenvalue weighted by Gasteiger charge is -2.24. The predicted octanol–water partition coefficient (Wildman–Crippen LogP) is 5.02. The monoisotopic (exact) mass is 443 g/mol. The molecule has 3 aromatic heterocycles. The molecule has 1 aliphatic rings. The topological polar surface area (TPSA) is 74.1 Å². The van der Waals surface area contributed by atoms with Gasteiger partial charge in [-0.05, 0) is 30.5 Å². The number of carbonyl (C=O) groups excluding carboxylic acids is 2. The van der Waals surface area contributed by atoms with Crippen molar-refractivity contribution < 1.29 is 14.3 Å². The molecule has 4 rings (SSSR count). The van der Waals surface area contributed by atoms with Crippen LogP contribution >= 0.6 is 22.9 Å². The van der Waals surface area contributed by atoms with E-state index in [1.807, 2.05) is 12.1 Å². The molecule has 0 amide bonds. The molecule has 1 unspecified atom stereocenters. The quantitative estimate of drug-likeness (QED) is 0.512. The summed E-state index contributed by atoms with van der Waals surface area (Å²) in [5.41, 5.74) is 1.45. The molecule has 0 saturated carbocycles. The highest BCUT2D eigenvalue weighted by atomic mass is 35.5. The summed E-state index contributed by atoms with van der Waals surface area (Å²) in [5, 5.41) is 1.18.